The van der Waals surface area contributed by atoms with Gasteiger partial charge in [0.15, 0.2) is 0 Å². The number of nitrogens with zero attached hydrogens (tertiary/aromatic N) is 2. The predicted octanol–water partition coefficient (Wildman–Crippen LogP) is 7.58. The van der Waals surface area contributed by atoms with Gasteiger partial charge >= 0.3 is 0 Å². The number of rotatable bonds is 10. The van der Waals surface area contributed by atoms with Gasteiger partial charge in [0, 0.05) is 23.3 Å². The van der Waals surface area contributed by atoms with Crippen LogP contribution in [0.3, 0.4) is 0 Å². The molecule has 0 unspecified atom stereocenters. The first-order chi connectivity index (χ1) is 13.7. The van der Waals surface area contributed by atoms with Gasteiger partial charge in [-0.2, -0.15) is 0 Å². The van der Waals surface area contributed by atoms with E-state index >= 15 is 0 Å². The highest BCUT2D eigenvalue weighted by Gasteiger charge is 2.22. The van der Waals surface area contributed by atoms with Crippen LogP contribution in [0.5, 0.6) is 0 Å². The molecule has 2 aromatic rings. The average Bonchev–Trinajstić information content (AvgIpc) is 3.11. The predicted molar refractivity (Wildman–Crippen MR) is 119 cm³/mol. The molecule has 0 saturated heterocycles. The summed E-state index contributed by atoms with van der Waals surface area (Å²) in [6.45, 7) is 4.46. The maximum absolute atomic E-state index is 10.8. The van der Waals surface area contributed by atoms with E-state index in [1.54, 1.807) is 0 Å². The molecule has 0 saturated carbocycles. The van der Waals surface area contributed by atoms with Crippen molar-refractivity contribution in [3.05, 3.63) is 88.5 Å². The summed E-state index contributed by atoms with van der Waals surface area (Å²) in [5.74, 6) is 0. The summed E-state index contributed by atoms with van der Waals surface area (Å²) in [4.78, 5) is 0. The Morgan fingerprint density at radius 3 is 2.07 bits per heavy atom. The van der Waals surface area contributed by atoms with Crippen LogP contribution in [0.2, 0.25) is 0 Å². The summed E-state index contributed by atoms with van der Waals surface area (Å²) in [5, 5.41) is 0. The summed E-state index contributed by atoms with van der Waals surface area (Å²) in [6, 6.07) is 17.2. The largest absolute Gasteiger partial charge is 0.493 e. The van der Waals surface area contributed by atoms with Gasteiger partial charge in [-0.15, -0.1) is 0 Å². The molecule has 0 aliphatic carbocycles. The van der Waals surface area contributed by atoms with Crippen molar-refractivity contribution in [1.29, 1.82) is 0 Å². The number of allylic oxidation sites excluding steroid dienone is 2. The Kier molecular flexibility index (Phi) is 7.36. The monoisotopic (exact) mass is 372 g/mol. The van der Waals surface area contributed by atoms with E-state index in [0.29, 0.717) is 0 Å². The first kappa shape index (κ1) is 20.3. The molecule has 28 heavy (non-hydrogen) atoms. The maximum Gasteiger partial charge on any atom is 0.207 e. The van der Waals surface area contributed by atoms with Gasteiger partial charge in [-0.25, -0.2) is 4.70 Å². The van der Waals surface area contributed by atoms with Crippen molar-refractivity contribution in [1.82, 2.24) is 0 Å². The molecule has 0 spiro atoms. The van der Waals surface area contributed by atoms with E-state index in [1.165, 1.54) is 54.3 Å². The standard InChI is InChI=1S/C26H32N2/c1-3-5-7-8-11-22-12-9-13-24(20-22)26-19-18-25(28(26)27)23-16-14-21(15-17-23)10-6-4-2/h9,12-20H,3-8,10-11H2,1-2H3. The van der Waals surface area contributed by atoms with Gasteiger partial charge in [-0.3, -0.25) is 0 Å². The molecule has 0 radical (unpaired) electrons. The molecule has 0 bridgehead atoms. The molecule has 146 valence electrons. The van der Waals surface area contributed by atoms with Gasteiger partial charge in [0.2, 0.25) is 11.4 Å². The van der Waals surface area contributed by atoms with Crippen LogP contribution in [-0.2, 0) is 12.8 Å². The average molecular weight is 373 g/mol. The van der Waals surface area contributed by atoms with E-state index in [4.69, 9.17) is 0 Å². The normalized spacial score (nSPS) is 13.6. The third kappa shape index (κ3) is 5.07. The molecule has 0 amide bonds. The van der Waals surface area contributed by atoms with Crippen LogP contribution < -0.4 is 0 Å². The third-order valence-electron chi connectivity index (χ3n) is 5.47. The van der Waals surface area contributed by atoms with Gasteiger partial charge in [0.05, 0.1) is 0 Å². The Hall–Kier alpha value is -2.48. The molecule has 0 fully saturated rings. The number of hydrogen-bond donors (Lipinski definition) is 0. The molecule has 2 nitrogen and oxygen atoms in total. The van der Waals surface area contributed by atoms with E-state index in [0.717, 1.165) is 35.4 Å². The zero-order valence-corrected chi connectivity index (χ0v) is 17.3. The molecule has 3 rings (SSSR count). The van der Waals surface area contributed by atoms with Gasteiger partial charge in [0.25, 0.3) is 0 Å². The van der Waals surface area contributed by atoms with Gasteiger partial charge in [-0.1, -0.05) is 63.8 Å². The van der Waals surface area contributed by atoms with Crippen molar-refractivity contribution in [3.63, 3.8) is 0 Å². The summed E-state index contributed by atoms with van der Waals surface area (Å²) >= 11 is 0. The molecule has 0 N–H and O–H groups in total. The lowest BCUT2D eigenvalue weighted by molar-refractivity contribution is -0.344. The molecule has 0 atom stereocenters. The van der Waals surface area contributed by atoms with Crippen molar-refractivity contribution >= 4 is 11.4 Å². The van der Waals surface area contributed by atoms with Crippen LogP contribution in [0.1, 0.15) is 74.6 Å². The summed E-state index contributed by atoms with van der Waals surface area (Å²) in [5.41, 5.74) is 17.3. The first-order valence-electron chi connectivity index (χ1n) is 10.8. The van der Waals surface area contributed by atoms with Crippen LogP contribution in [0.4, 0.5) is 0 Å². The zero-order chi connectivity index (χ0) is 19.8. The number of unbranched alkanes of at least 4 members (excludes halogenated alkanes) is 4. The second kappa shape index (κ2) is 10.2. The van der Waals surface area contributed by atoms with E-state index in [2.05, 4.69) is 62.4 Å². The SMILES string of the molecule is CCCCCCc1cccc(C2=CC=C(c3ccc(CCCC)cc3)[N+]2=[N-])c1. The molecular formula is C26H32N2. The summed E-state index contributed by atoms with van der Waals surface area (Å²) < 4.78 is 1.33. The lowest BCUT2D eigenvalue weighted by Gasteiger charge is -2.10. The van der Waals surface area contributed by atoms with Crippen LogP contribution in [-0.4, -0.2) is 4.70 Å². The smallest absolute Gasteiger partial charge is 0.207 e. The van der Waals surface area contributed by atoms with Gasteiger partial charge in [0.1, 0.15) is 0 Å². The fourth-order valence-corrected chi connectivity index (χ4v) is 3.73. The van der Waals surface area contributed by atoms with Crippen molar-refractivity contribution in [3.8, 4) is 0 Å². The van der Waals surface area contributed by atoms with E-state index in [1.807, 2.05) is 12.2 Å². The van der Waals surface area contributed by atoms with Crippen molar-refractivity contribution < 1.29 is 4.70 Å². The Morgan fingerprint density at radius 2 is 1.36 bits per heavy atom. The van der Waals surface area contributed by atoms with E-state index < -0.39 is 0 Å². The van der Waals surface area contributed by atoms with Crippen molar-refractivity contribution in [2.24, 2.45) is 0 Å². The molecule has 1 aliphatic heterocycles. The minimum atomic E-state index is 0.838. The van der Waals surface area contributed by atoms with Crippen molar-refractivity contribution in [2.45, 2.75) is 65.2 Å². The lowest BCUT2D eigenvalue weighted by atomic mass is 10.0. The summed E-state index contributed by atoms with van der Waals surface area (Å²) in [7, 11) is 0. The Balaban J connectivity index is 1.66. The van der Waals surface area contributed by atoms with Crippen LogP contribution in [0.15, 0.2) is 60.7 Å². The fourth-order valence-electron chi connectivity index (χ4n) is 3.73. The number of hydrogen-bond acceptors (Lipinski definition) is 0. The maximum atomic E-state index is 10.8. The highest BCUT2D eigenvalue weighted by atomic mass is 15.2. The molecular weight excluding hydrogens is 340 g/mol. The second-order valence-corrected chi connectivity index (χ2v) is 7.73. The highest BCUT2D eigenvalue weighted by molar-refractivity contribution is 5.75. The van der Waals surface area contributed by atoms with Gasteiger partial charge < -0.3 is 5.53 Å². The van der Waals surface area contributed by atoms with E-state index in [9.17, 15) is 5.53 Å². The lowest BCUT2D eigenvalue weighted by Crippen LogP contribution is -2.02. The molecule has 0 aromatic heterocycles. The molecule has 2 heteroatoms. The van der Waals surface area contributed by atoms with Crippen LogP contribution in [0.25, 0.3) is 16.9 Å². The minimum Gasteiger partial charge on any atom is -0.493 e. The summed E-state index contributed by atoms with van der Waals surface area (Å²) in [6.07, 6.45) is 13.7. The number of benzene rings is 2. The minimum absolute atomic E-state index is 0.838. The zero-order valence-electron chi connectivity index (χ0n) is 17.3. The second-order valence-electron chi connectivity index (χ2n) is 7.73. The van der Waals surface area contributed by atoms with E-state index in [-0.39, 0.29) is 0 Å². The topological polar surface area (TPSA) is 25.3 Å². The Morgan fingerprint density at radius 1 is 0.679 bits per heavy atom. The third-order valence-corrected chi connectivity index (χ3v) is 5.47. The molecule has 2 aromatic carbocycles. The van der Waals surface area contributed by atoms with Gasteiger partial charge in [-0.05, 0) is 61.1 Å². The fraction of sp³-hybridized carbons (Fsp3) is 0.385. The van der Waals surface area contributed by atoms with Crippen molar-refractivity contribution in [2.75, 3.05) is 0 Å². The van der Waals surface area contributed by atoms with Crippen LogP contribution >= 0.6 is 0 Å². The first-order valence-corrected chi connectivity index (χ1v) is 10.8. The quantitative estimate of drug-likeness (QED) is 0.303. The Labute approximate surface area is 170 Å². The Bertz CT molecular complexity index is 856. The highest BCUT2D eigenvalue weighted by Crippen LogP contribution is 2.31. The molecule has 1 heterocycles. The van der Waals surface area contributed by atoms with Crippen LogP contribution in [0, 0.1) is 0 Å². The number of aryl methyl sites for hydroxylation is 2. The molecule has 1 aliphatic rings.